The molecule has 102 valence electrons. The lowest BCUT2D eigenvalue weighted by atomic mass is 10.1. The van der Waals surface area contributed by atoms with Gasteiger partial charge in [0, 0.05) is 6.54 Å². The Morgan fingerprint density at radius 2 is 2.39 bits per heavy atom. The van der Waals surface area contributed by atoms with Crippen LogP contribution in [0.2, 0.25) is 0 Å². The molecule has 18 heavy (non-hydrogen) atoms. The van der Waals surface area contributed by atoms with Crippen LogP contribution in [0.5, 0.6) is 0 Å². The first-order valence-electron chi connectivity index (χ1n) is 6.20. The van der Waals surface area contributed by atoms with Crippen LogP contribution in [0.1, 0.15) is 25.7 Å². The quantitative estimate of drug-likeness (QED) is 0.167. The number of rotatable bonds is 7. The fourth-order valence-electron chi connectivity index (χ4n) is 1.91. The first-order valence-corrected chi connectivity index (χ1v) is 6.20. The Hall–Kier alpha value is -1.63. The van der Waals surface area contributed by atoms with Crippen molar-refractivity contribution in [2.45, 2.75) is 37.8 Å². The molecule has 0 saturated carbocycles. The standard InChI is InChI=1S/C11H21N5O2/c12-11(13)15-6-1-3-8(7-17)16-10(18)9-4-2-5-14-9/h7-9,14H,1-6H2,(H,16,18)(H4,12,13,15). The first-order chi connectivity index (χ1) is 8.63. The van der Waals surface area contributed by atoms with E-state index in [9.17, 15) is 9.59 Å². The van der Waals surface area contributed by atoms with Crippen molar-refractivity contribution in [2.24, 2.45) is 5.73 Å². The second-order valence-electron chi connectivity index (χ2n) is 4.38. The molecule has 1 saturated heterocycles. The summed E-state index contributed by atoms with van der Waals surface area (Å²) in [6.45, 7) is 1.38. The second kappa shape index (κ2) is 7.65. The third kappa shape index (κ3) is 5.13. The number of carbonyl (C=O) groups excluding carboxylic acids is 2. The van der Waals surface area contributed by atoms with E-state index in [2.05, 4.69) is 16.0 Å². The van der Waals surface area contributed by atoms with Gasteiger partial charge in [0.05, 0.1) is 12.1 Å². The summed E-state index contributed by atoms with van der Waals surface area (Å²) in [5, 5.41) is 15.4. The van der Waals surface area contributed by atoms with Crippen LogP contribution in [-0.4, -0.2) is 43.3 Å². The highest BCUT2D eigenvalue weighted by molar-refractivity contribution is 5.84. The molecule has 0 aliphatic carbocycles. The van der Waals surface area contributed by atoms with Crippen molar-refractivity contribution in [3.8, 4) is 0 Å². The topological polar surface area (TPSA) is 120 Å². The maximum absolute atomic E-state index is 11.8. The van der Waals surface area contributed by atoms with Crippen molar-refractivity contribution < 1.29 is 9.59 Å². The van der Waals surface area contributed by atoms with Crippen LogP contribution >= 0.6 is 0 Å². The number of nitrogens with one attached hydrogen (secondary N) is 4. The van der Waals surface area contributed by atoms with Crippen LogP contribution in [0.25, 0.3) is 0 Å². The Morgan fingerprint density at radius 1 is 1.61 bits per heavy atom. The monoisotopic (exact) mass is 255 g/mol. The maximum Gasteiger partial charge on any atom is 0.237 e. The van der Waals surface area contributed by atoms with Gasteiger partial charge in [0.2, 0.25) is 5.91 Å². The fraction of sp³-hybridized carbons (Fsp3) is 0.727. The largest absolute Gasteiger partial charge is 0.370 e. The molecule has 1 fully saturated rings. The molecule has 1 heterocycles. The van der Waals surface area contributed by atoms with Crippen molar-refractivity contribution in [3.63, 3.8) is 0 Å². The number of aldehydes is 1. The minimum atomic E-state index is -0.464. The van der Waals surface area contributed by atoms with E-state index in [1.54, 1.807) is 0 Å². The highest BCUT2D eigenvalue weighted by atomic mass is 16.2. The number of hydrogen-bond donors (Lipinski definition) is 5. The van der Waals surface area contributed by atoms with Gasteiger partial charge in [-0.1, -0.05) is 0 Å². The maximum atomic E-state index is 11.8. The zero-order valence-electron chi connectivity index (χ0n) is 10.4. The normalized spacial score (nSPS) is 20.1. The molecule has 1 aliphatic rings. The number of nitrogens with two attached hydrogens (primary N) is 1. The molecule has 0 spiro atoms. The third-order valence-corrected chi connectivity index (χ3v) is 2.88. The minimum Gasteiger partial charge on any atom is -0.370 e. The van der Waals surface area contributed by atoms with Gasteiger partial charge in [-0.3, -0.25) is 10.2 Å². The zero-order valence-corrected chi connectivity index (χ0v) is 10.4. The van der Waals surface area contributed by atoms with Gasteiger partial charge >= 0.3 is 0 Å². The van der Waals surface area contributed by atoms with Crippen LogP contribution in [0.15, 0.2) is 0 Å². The third-order valence-electron chi connectivity index (χ3n) is 2.88. The number of carbonyl (C=O) groups is 2. The van der Waals surface area contributed by atoms with Gasteiger partial charge in [-0.25, -0.2) is 0 Å². The highest BCUT2D eigenvalue weighted by Crippen LogP contribution is 2.05. The molecule has 0 aromatic rings. The summed E-state index contributed by atoms with van der Waals surface area (Å²) in [4.78, 5) is 22.6. The summed E-state index contributed by atoms with van der Waals surface area (Å²) >= 11 is 0. The van der Waals surface area contributed by atoms with Crippen molar-refractivity contribution >= 4 is 18.2 Å². The Bertz CT molecular complexity index is 302. The molecule has 2 atom stereocenters. The van der Waals surface area contributed by atoms with Crippen LogP contribution in [-0.2, 0) is 9.59 Å². The van der Waals surface area contributed by atoms with Crippen molar-refractivity contribution in [2.75, 3.05) is 13.1 Å². The van der Waals surface area contributed by atoms with E-state index in [4.69, 9.17) is 11.1 Å². The van der Waals surface area contributed by atoms with E-state index in [1.807, 2.05) is 0 Å². The van der Waals surface area contributed by atoms with Gasteiger partial charge in [0.25, 0.3) is 0 Å². The minimum absolute atomic E-state index is 0.0863. The first kappa shape index (κ1) is 14.4. The van der Waals surface area contributed by atoms with Crippen LogP contribution in [0, 0.1) is 5.41 Å². The average molecular weight is 255 g/mol. The second-order valence-corrected chi connectivity index (χ2v) is 4.38. The molecule has 0 radical (unpaired) electrons. The van der Waals surface area contributed by atoms with E-state index in [0.29, 0.717) is 19.4 Å². The summed E-state index contributed by atoms with van der Waals surface area (Å²) in [7, 11) is 0. The van der Waals surface area contributed by atoms with Crippen molar-refractivity contribution in [3.05, 3.63) is 0 Å². The molecule has 0 aromatic heterocycles. The lowest BCUT2D eigenvalue weighted by Crippen LogP contribution is -2.46. The Balaban J connectivity index is 2.21. The number of guanidine groups is 1. The molecule has 1 aliphatic heterocycles. The van der Waals surface area contributed by atoms with Crippen LogP contribution < -0.4 is 21.7 Å². The Labute approximate surface area is 106 Å². The van der Waals surface area contributed by atoms with Gasteiger partial charge in [0.1, 0.15) is 6.29 Å². The van der Waals surface area contributed by atoms with Gasteiger partial charge in [-0.2, -0.15) is 0 Å². The molecular formula is C11H21N5O2. The van der Waals surface area contributed by atoms with E-state index in [1.165, 1.54) is 0 Å². The lowest BCUT2D eigenvalue weighted by Gasteiger charge is -2.16. The van der Waals surface area contributed by atoms with Crippen molar-refractivity contribution in [1.82, 2.24) is 16.0 Å². The SMILES string of the molecule is N=C(N)NCCCC(C=O)NC(=O)C1CCCN1. The predicted molar refractivity (Wildman–Crippen MR) is 68.2 cm³/mol. The summed E-state index contributed by atoms with van der Waals surface area (Å²) in [6, 6.07) is -0.628. The summed E-state index contributed by atoms with van der Waals surface area (Å²) in [5.74, 6) is -0.194. The average Bonchev–Trinajstić information content (AvgIpc) is 2.86. The molecule has 7 nitrogen and oxygen atoms in total. The van der Waals surface area contributed by atoms with Crippen molar-refractivity contribution in [1.29, 1.82) is 5.41 Å². The Morgan fingerprint density at radius 3 is 2.94 bits per heavy atom. The summed E-state index contributed by atoms with van der Waals surface area (Å²) in [6.07, 6.45) is 3.78. The summed E-state index contributed by atoms with van der Waals surface area (Å²) < 4.78 is 0. The van der Waals surface area contributed by atoms with Crippen LogP contribution in [0.4, 0.5) is 0 Å². The van der Waals surface area contributed by atoms with Gasteiger partial charge in [0.15, 0.2) is 5.96 Å². The molecular weight excluding hydrogens is 234 g/mol. The highest BCUT2D eigenvalue weighted by Gasteiger charge is 2.23. The molecule has 7 heteroatoms. The molecule has 1 rings (SSSR count). The smallest absolute Gasteiger partial charge is 0.237 e. The lowest BCUT2D eigenvalue weighted by molar-refractivity contribution is -0.125. The predicted octanol–water partition coefficient (Wildman–Crippen LogP) is -1.31. The zero-order chi connectivity index (χ0) is 13.4. The van der Waals surface area contributed by atoms with E-state index in [-0.39, 0.29) is 17.9 Å². The fourth-order valence-corrected chi connectivity index (χ4v) is 1.91. The molecule has 6 N–H and O–H groups in total. The molecule has 1 amide bonds. The van der Waals surface area contributed by atoms with Gasteiger partial charge in [-0.05, 0) is 32.2 Å². The number of amides is 1. The number of hydrogen-bond acceptors (Lipinski definition) is 4. The van der Waals surface area contributed by atoms with Crippen LogP contribution in [0.3, 0.4) is 0 Å². The van der Waals surface area contributed by atoms with E-state index < -0.39 is 6.04 Å². The molecule has 2 unspecified atom stereocenters. The van der Waals surface area contributed by atoms with Gasteiger partial charge < -0.3 is 26.5 Å². The van der Waals surface area contributed by atoms with Gasteiger partial charge in [-0.15, -0.1) is 0 Å². The van der Waals surface area contributed by atoms with E-state index >= 15 is 0 Å². The van der Waals surface area contributed by atoms with E-state index in [0.717, 1.165) is 25.7 Å². The Kier molecular flexibility index (Phi) is 6.13. The molecule has 0 aromatic carbocycles. The molecule has 0 bridgehead atoms. The summed E-state index contributed by atoms with van der Waals surface area (Å²) in [5.41, 5.74) is 5.13.